The van der Waals surface area contributed by atoms with Gasteiger partial charge in [-0.3, -0.25) is 9.48 Å². The lowest BCUT2D eigenvalue weighted by atomic mass is 10.0. The van der Waals surface area contributed by atoms with Crippen molar-refractivity contribution in [3.05, 3.63) is 18.0 Å². The molecule has 88 valence electrons. The maximum atomic E-state index is 11.3. The van der Waals surface area contributed by atoms with Gasteiger partial charge < -0.3 is 4.74 Å². The van der Waals surface area contributed by atoms with E-state index in [1.165, 1.54) is 6.42 Å². The number of halogens is 1. The molecule has 0 bridgehead atoms. The molecule has 0 N–H and O–H groups in total. The maximum Gasteiger partial charge on any atom is 0.180 e. The van der Waals surface area contributed by atoms with Crippen LogP contribution >= 0.6 is 11.6 Å². The van der Waals surface area contributed by atoms with Crippen LogP contribution in [0.2, 0.25) is 0 Å². The molecule has 0 saturated carbocycles. The molecule has 16 heavy (non-hydrogen) atoms. The van der Waals surface area contributed by atoms with Crippen molar-refractivity contribution in [1.82, 2.24) is 9.78 Å². The summed E-state index contributed by atoms with van der Waals surface area (Å²) in [5, 5.41) is 4.16. The second kappa shape index (κ2) is 5.46. The van der Waals surface area contributed by atoms with Crippen LogP contribution in [0, 0.1) is 5.92 Å². The smallest absolute Gasteiger partial charge is 0.180 e. The Balaban J connectivity index is 1.94. The van der Waals surface area contributed by atoms with E-state index in [1.54, 1.807) is 17.1 Å². The molecule has 1 aliphatic rings. The van der Waals surface area contributed by atoms with E-state index >= 15 is 0 Å². The number of nitrogens with zero attached hydrogens (tertiary/aromatic N) is 2. The van der Waals surface area contributed by atoms with Gasteiger partial charge in [0, 0.05) is 25.3 Å². The van der Waals surface area contributed by atoms with Gasteiger partial charge in [-0.15, -0.1) is 11.6 Å². The van der Waals surface area contributed by atoms with Crippen LogP contribution in [0.25, 0.3) is 0 Å². The first-order valence-corrected chi connectivity index (χ1v) is 6.02. The molecule has 0 unspecified atom stereocenters. The maximum absolute atomic E-state index is 11.3. The Morgan fingerprint density at radius 3 is 3.25 bits per heavy atom. The molecule has 1 aromatic rings. The van der Waals surface area contributed by atoms with Crippen LogP contribution in [0.4, 0.5) is 0 Å². The summed E-state index contributed by atoms with van der Waals surface area (Å²) >= 11 is 5.48. The third-order valence-corrected chi connectivity index (χ3v) is 3.02. The van der Waals surface area contributed by atoms with Crippen molar-refractivity contribution in [3.8, 4) is 0 Å². The fourth-order valence-corrected chi connectivity index (χ4v) is 2.05. The first kappa shape index (κ1) is 11.6. The predicted octanol–water partition coefficient (Wildman–Crippen LogP) is 1.73. The number of hydrogen-bond donors (Lipinski definition) is 0. The van der Waals surface area contributed by atoms with Crippen LogP contribution < -0.4 is 0 Å². The van der Waals surface area contributed by atoms with Crippen molar-refractivity contribution in [2.75, 3.05) is 19.1 Å². The topological polar surface area (TPSA) is 44.1 Å². The minimum absolute atomic E-state index is 0.0121. The molecule has 4 nitrogen and oxygen atoms in total. The van der Waals surface area contributed by atoms with Gasteiger partial charge in [-0.1, -0.05) is 0 Å². The van der Waals surface area contributed by atoms with E-state index < -0.39 is 0 Å². The molecule has 0 amide bonds. The van der Waals surface area contributed by atoms with E-state index in [1.807, 2.05) is 0 Å². The summed E-state index contributed by atoms with van der Waals surface area (Å²) in [6.45, 7) is 2.47. The predicted molar refractivity (Wildman–Crippen MR) is 60.8 cm³/mol. The number of ether oxygens (including phenoxy) is 1. The van der Waals surface area contributed by atoms with E-state index in [4.69, 9.17) is 16.3 Å². The van der Waals surface area contributed by atoms with Crippen molar-refractivity contribution in [3.63, 3.8) is 0 Å². The average molecular weight is 243 g/mol. The third-order valence-electron chi connectivity index (χ3n) is 2.78. The molecule has 0 aromatic carbocycles. The van der Waals surface area contributed by atoms with E-state index in [0.29, 0.717) is 11.5 Å². The van der Waals surface area contributed by atoms with Gasteiger partial charge in [-0.2, -0.15) is 5.10 Å². The molecule has 2 rings (SSSR count). The van der Waals surface area contributed by atoms with Gasteiger partial charge in [0.1, 0.15) is 0 Å². The van der Waals surface area contributed by atoms with Crippen molar-refractivity contribution in [2.45, 2.75) is 19.4 Å². The molecular weight excluding hydrogens is 228 g/mol. The highest BCUT2D eigenvalue weighted by Crippen LogP contribution is 2.15. The molecule has 0 spiro atoms. The lowest BCUT2D eigenvalue weighted by Crippen LogP contribution is -2.22. The highest BCUT2D eigenvalue weighted by molar-refractivity contribution is 6.30. The second-order valence-electron chi connectivity index (χ2n) is 4.09. The Bertz CT molecular complexity index is 359. The molecule has 0 radical (unpaired) electrons. The van der Waals surface area contributed by atoms with Gasteiger partial charge >= 0.3 is 0 Å². The summed E-state index contributed by atoms with van der Waals surface area (Å²) in [5.41, 5.74) is 0.590. The normalized spacial score (nSPS) is 20.9. The van der Waals surface area contributed by atoms with Crippen molar-refractivity contribution in [1.29, 1.82) is 0 Å². The summed E-state index contributed by atoms with van der Waals surface area (Å²) in [6.07, 6.45) is 5.62. The van der Waals surface area contributed by atoms with Crippen LogP contribution in [0.3, 0.4) is 0 Å². The van der Waals surface area contributed by atoms with Gasteiger partial charge in [0.2, 0.25) is 0 Å². The van der Waals surface area contributed by atoms with Gasteiger partial charge in [0.05, 0.1) is 24.2 Å². The van der Waals surface area contributed by atoms with Crippen LogP contribution in [0.5, 0.6) is 0 Å². The fourth-order valence-electron chi connectivity index (χ4n) is 1.90. The number of Topliss-reactive ketones (excluding diaryl/α,β-unsaturated/α-hetero) is 1. The number of aromatic nitrogens is 2. The van der Waals surface area contributed by atoms with Crippen LogP contribution in [0.1, 0.15) is 23.2 Å². The lowest BCUT2D eigenvalue weighted by Gasteiger charge is -2.21. The zero-order chi connectivity index (χ0) is 11.4. The number of alkyl halides is 1. The van der Waals surface area contributed by atoms with Gasteiger partial charge in [0.25, 0.3) is 0 Å². The molecule has 1 saturated heterocycles. The highest BCUT2D eigenvalue weighted by atomic mass is 35.5. The first-order valence-electron chi connectivity index (χ1n) is 5.49. The van der Waals surface area contributed by atoms with Gasteiger partial charge in [-0.05, 0) is 12.8 Å². The Morgan fingerprint density at radius 1 is 1.69 bits per heavy atom. The molecule has 5 heteroatoms. The van der Waals surface area contributed by atoms with Crippen molar-refractivity contribution < 1.29 is 9.53 Å². The van der Waals surface area contributed by atoms with Crippen molar-refractivity contribution >= 4 is 17.4 Å². The summed E-state index contributed by atoms with van der Waals surface area (Å²) in [5.74, 6) is 0.443. The Kier molecular flexibility index (Phi) is 3.96. The number of carbonyl (C=O) groups excluding carboxylic acids is 1. The summed E-state index contributed by atoms with van der Waals surface area (Å²) in [7, 11) is 0. The minimum atomic E-state index is -0.0761. The number of rotatable bonds is 4. The molecule has 0 aliphatic carbocycles. The molecule has 1 aliphatic heterocycles. The average Bonchev–Trinajstić information content (AvgIpc) is 2.78. The number of carbonyl (C=O) groups is 1. The second-order valence-corrected chi connectivity index (χ2v) is 4.36. The van der Waals surface area contributed by atoms with Crippen LogP contribution in [-0.4, -0.2) is 34.7 Å². The minimum Gasteiger partial charge on any atom is -0.381 e. The number of hydrogen-bond acceptors (Lipinski definition) is 3. The van der Waals surface area contributed by atoms with Gasteiger partial charge in [-0.25, -0.2) is 0 Å². The standard InChI is InChI=1S/C11H15ClN2O2/c12-4-11(15)10-5-13-14(7-10)6-9-2-1-3-16-8-9/h5,7,9H,1-4,6,8H2/t9-/m0/s1. The zero-order valence-corrected chi connectivity index (χ0v) is 9.82. The summed E-state index contributed by atoms with van der Waals surface area (Å²) in [6, 6.07) is 0. The Morgan fingerprint density at radius 2 is 2.56 bits per heavy atom. The molecule has 2 heterocycles. The highest BCUT2D eigenvalue weighted by Gasteiger charge is 2.15. The van der Waals surface area contributed by atoms with Crippen LogP contribution in [-0.2, 0) is 11.3 Å². The summed E-state index contributed by atoms with van der Waals surface area (Å²) < 4.78 is 7.21. The Hall–Kier alpha value is -0.870. The monoisotopic (exact) mass is 242 g/mol. The van der Waals surface area contributed by atoms with E-state index in [2.05, 4.69) is 5.10 Å². The van der Waals surface area contributed by atoms with E-state index in [0.717, 1.165) is 26.2 Å². The van der Waals surface area contributed by atoms with E-state index in [-0.39, 0.29) is 11.7 Å². The molecule has 1 aromatic heterocycles. The largest absolute Gasteiger partial charge is 0.381 e. The Labute approximate surface area is 99.5 Å². The quantitative estimate of drug-likeness (QED) is 0.597. The first-order chi connectivity index (χ1) is 7.79. The lowest BCUT2D eigenvalue weighted by molar-refractivity contribution is 0.0470. The number of ketones is 1. The van der Waals surface area contributed by atoms with Crippen LogP contribution in [0.15, 0.2) is 12.4 Å². The van der Waals surface area contributed by atoms with Gasteiger partial charge in [0.15, 0.2) is 5.78 Å². The van der Waals surface area contributed by atoms with Crippen molar-refractivity contribution in [2.24, 2.45) is 5.92 Å². The zero-order valence-electron chi connectivity index (χ0n) is 9.06. The van der Waals surface area contributed by atoms with E-state index in [9.17, 15) is 4.79 Å². The molecule has 1 atom stereocenters. The molecular formula is C11H15ClN2O2. The summed E-state index contributed by atoms with van der Waals surface area (Å²) in [4.78, 5) is 11.3. The fraction of sp³-hybridized carbons (Fsp3) is 0.636. The SMILES string of the molecule is O=C(CCl)c1cnn(C[C@@H]2CCCOC2)c1. The molecule has 1 fully saturated rings. The third kappa shape index (κ3) is 2.83.